The van der Waals surface area contributed by atoms with Crippen LogP contribution in [0.25, 0.3) is 10.9 Å². The Kier molecular flexibility index (Phi) is 6.29. The van der Waals surface area contributed by atoms with Gasteiger partial charge in [0.2, 0.25) is 15.9 Å². The predicted octanol–water partition coefficient (Wildman–Crippen LogP) is 3.59. The smallest absolute Gasteiger partial charge is 0.243 e. The van der Waals surface area contributed by atoms with Crippen LogP contribution in [0, 0.1) is 5.92 Å². The van der Waals surface area contributed by atoms with E-state index in [1.54, 1.807) is 12.1 Å². The largest absolute Gasteiger partial charge is 0.356 e. The van der Waals surface area contributed by atoms with Crippen molar-refractivity contribution in [3.05, 3.63) is 42.1 Å². The van der Waals surface area contributed by atoms with Gasteiger partial charge in [0.05, 0.1) is 10.8 Å². The molecule has 1 saturated heterocycles. The minimum Gasteiger partial charge on any atom is -0.356 e. The second-order valence-electron chi connectivity index (χ2n) is 8.50. The standard InChI is InChI=1S/C23H31N3O3S/c1-25-15-12-19-16-21(9-10-22(19)25)30(28,29)26-14-5-8-20(17-26)23(27)24-13-11-18-6-3-2-4-7-18/h6,9-10,12,15-16,20H,2-5,7-8,11,13-14,17H2,1H3,(H,24,27)/t20-/m1/s1. The summed E-state index contributed by atoms with van der Waals surface area (Å²) in [6.07, 6.45) is 11.3. The molecule has 2 aliphatic rings. The molecule has 2 heterocycles. The second-order valence-corrected chi connectivity index (χ2v) is 10.4. The summed E-state index contributed by atoms with van der Waals surface area (Å²) in [5, 5.41) is 3.94. The van der Waals surface area contributed by atoms with E-state index in [2.05, 4.69) is 11.4 Å². The lowest BCUT2D eigenvalue weighted by Crippen LogP contribution is -2.45. The summed E-state index contributed by atoms with van der Waals surface area (Å²) in [4.78, 5) is 13.0. The molecular formula is C23H31N3O3S. The molecule has 2 aromatic rings. The van der Waals surface area contributed by atoms with Gasteiger partial charge < -0.3 is 9.88 Å². The second kappa shape index (κ2) is 8.94. The van der Waals surface area contributed by atoms with Crippen molar-refractivity contribution in [1.29, 1.82) is 0 Å². The number of hydrogen-bond acceptors (Lipinski definition) is 3. The minimum absolute atomic E-state index is 0.0233. The van der Waals surface area contributed by atoms with Gasteiger partial charge in [-0.3, -0.25) is 4.79 Å². The number of aromatic nitrogens is 1. The number of allylic oxidation sites excluding steroid dienone is 1. The molecule has 162 valence electrons. The van der Waals surface area contributed by atoms with Gasteiger partial charge in [0.25, 0.3) is 0 Å². The summed E-state index contributed by atoms with van der Waals surface area (Å²) in [5.41, 5.74) is 2.43. The van der Waals surface area contributed by atoms with Crippen LogP contribution in [0.3, 0.4) is 0 Å². The van der Waals surface area contributed by atoms with E-state index < -0.39 is 10.0 Å². The number of piperidine rings is 1. The first-order valence-corrected chi connectivity index (χ1v) is 12.4. The molecular weight excluding hydrogens is 398 g/mol. The first-order valence-electron chi connectivity index (χ1n) is 11.0. The number of aryl methyl sites for hydroxylation is 1. The number of hydrogen-bond donors (Lipinski definition) is 1. The van der Waals surface area contributed by atoms with Crippen molar-refractivity contribution in [3.8, 4) is 0 Å². The van der Waals surface area contributed by atoms with Crippen molar-refractivity contribution in [2.75, 3.05) is 19.6 Å². The van der Waals surface area contributed by atoms with Gasteiger partial charge in [-0.25, -0.2) is 8.42 Å². The molecule has 0 saturated carbocycles. The monoisotopic (exact) mass is 429 g/mol. The third kappa shape index (κ3) is 4.47. The summed E-state index contributed by atoms with van der Waals surface area (Å²) in [5.74, 6) is -0.306. The maximum Gasteiger partial charge on any atom is 0.243 e. The molecule has 1 aliphatic heterocycles. The summed E-state index contributed by atoms with van der Waals surface area (Å²) in [6, 6.07) is 7.16. The molecule has 1 N–H and O–H groups in total. The van der Waals surface area contributed by atoms with E-state index in [0.717, 1.165) is 36.6 Å². The molecule has 1 aliphatic carbocycles. The van der Waals surface area contributed by atoms with E-state index in [0.29, 0.717) is 24.4 Å². The summed E-state index contributed by atoms with van der Waals surface area (Å²) in [7, 11) is -1.67. The molecule has 0 unspecified atom stereocenters. The first-order chi connectivity index (χ1) is 14.4. The van der Waals surface area contributed by atoms with Crippen LogP contribution in [0.5, 0.6) is 0 Å². The normalized spacial score (nSPS) is 20.8. The number of sulfonamides is 1. The zero-order valence-corrected chi connectivity index (χ0v) is 18.5. The van der Waals surface area contributed by atoms with Gasteiger partial charge >= 0.3 is 0 Å². The Labute approximate surface area is 179 Å². The molecule has 30 heavy (non-hydrogen) atoms. The number of benzene rings is 1. The zero-order chi connectivity index (χ0) is 21.1. The van der Waals surface area contributed by atoms with Crippen LogP contribution < -0.4 is 5.32 Å². The fourth-order valence-corrected chi connectivity index (χ4v) is 6.13. The van der Waals surface area contributed by atoms with Gasteiger partial charge in [-0.15, -0.1) is 0 Å². The summed E-state index contributed by atoms with van der Waals surface area (Å²) in [6.45, 7) is 1.36. The molecule has 1 aromatic carbocycles. The minimum atomic E-state index is -3.61. The molecule has 0 spiro atoms. The van der Waals surface area contributed by atoms with Gasteiger partial charge in [0, 0.05) is 43.8 Å². The van der Waals surface area contributed by atoms with Crippen molar-refractivity contribution in [2.24, 2.45) is 13.0 Å². The van der Waals surface area contributed by atoms with Gasteiger partial charge in [-0.1, -0.05) is 11.6 Å². The highest BCUT2D eigenvalue weighted by Crippen LogP contribution is 2.27. The molecule has 1 fully saturated rings. The molecule has 0 radical (unpaired) electrons. The third-order valence-corrected chi connectivity index (χ3v) is 8.24. The lowest BCUT2D eigenvalue weighted by atomic mass is 9.96. The number of rotatable bonds is 6. The first kappa shape index (κ1) is 21.1. The Morgan fingerprint density at radius 3 is 2.87 bits per heavy atom. The molecule has 0 bridgehead atoms. The lowest BCUT2D eigenvalue weighted by Gasteiger charge is -2.31. The quantitative estimate of drug-likeness (QED) is 0.714. The van der Waals surface area contributed by atoms with Crippen LogP contribution in [0.4, 0.5) is 0 Å². The SMILES string of the molecule is Cn1ccc2cc(S(=O)(=O)N3CCC[C@@H](C(=O)NCCC4=CCCCC4)C3)ccc21. The third-order valence-electron chi connectivity index (χ3n) is 6.38. The lowest BCUT2D eigenvalue weighted by molar-refractivity contribution is -0.126. The number of amides is 1. The molecule has 6 nitrogen and oxygen atoms in total. The average Bonchev–Trinajstić information content (AvgIpc) is 3.15. The Hall–Kier alpha value is -2.12. The Morgan fingerprint density at radius 1 is 1.20 bits per heavy atom. The van der Waals surface area contributed by atoms with Crippen LogP contribution in [0.1, 0.15) is 44.9 Å². The predicted molar refractivity (Wildman–Crippen MR) is 119 cm³/mol. The molecule has 7 heteroatoms. The maximum absolute atomic E-state index is 13.2. The zero-order valence-electron chi connectivity index (χ0n) is 17.6. The fraction of sp³-hybridized carbons (Fsp3) is 0.522. The number of nitrogens with zero attached hydrogens (tertiary/aromatic N) is 2. The molecule has 1 amide bonds. The highest BCUT2D eigenvalue weighted by molar-refractivity contribution is 7.89. The topological polar surface area (TPSA) is 71.4 Å². The Balaban J connectivity index is 1.39. The highest BCUT2D eigenvalue weighted by atomic mass is 32.2. The maximum atomic E-state index is 13.2. The summed E-state index contributed by atoms with van der Waals surface area (Å²) >= 11 is 0. The average molecular weight is 430 g/mol. The number of fused-ring (bicyclic) bond motifs is 1. The number of nitrogens with one attached hydrogen (secondary N) is 1. The van der Waals surface area contributed by atoms with Crippen LogP contribution >= 0.6 is 0 Å². The van der Waals surface area contributed by atoms with Crippen molar-refractivity contribution in [3.63, 3.8) is 0 Å². The van der Waals surface area contributed by atoms with E-state index in [9.17, 15) is 13.2 Å². The molecule has 1 atom stereocenters. The fourth-order valence-electron chi connectivity index (χ4n) is 4.57. The van der Waals surface area contributed by atoms with Crippen molar-refractivity contribution in [1.82, 2.24) is 14.2 Å². The van der Waals surface area contributed by atoms with Crippen LogP contribution in [-0.2, 0) is 21.9 Å². The van der Waals surface area contributed by atoms with E-state index in [4.69, 9.17) is 0 Å². The van der Waals surface area contributed by atoms with Crippen LogP contribution in [0.2, 0.25) is 0 Å². The van der Waals surface area contributed by atoms with Crippen molar-refractivity contribution < 1.29 is 13.2 Å². The van der Waals surface area contributed by atoms with Gasteiger partial charge in [0.15, 0.2) is 0 Å². The van der Waals surface area contributed by atoms with Gasteiger partial charge in [-0.2, -0.15) is 4.31 Å². The number of carbonyl (C=O) groups is 1. The summed E-state index contributed by atoms with van der Waals surface area (Å²) < 4.78 is 29.9. The van der Waals surface area contributed by atoms with Crippen molar-refractivity contribution >= 4 is 26.8 Å². The van der Waals surface area contributed by atoms with E-state index in [1.165, 1.54) is 22.7 Å². The van der Waals surface area contributed by atoms with Gasteiger partial charge in [0.1, 0.15) is 0 Å². The van der Waals surface area contributed by atoms with Crippen molar-refractivity contribution in [2.45, 2.75) is 49.8 Å². The van der Waals surface area contributed by atoms with E-state index in [-0.39, 0.29) is 18.4 Å². The molecule has 1 aromatic heterocycles. The van der Waals surface area contributed by atoms with Gasteiger partial charge in [-0.05, 0) is 69.2 Å². The van der Waals surface area contributed by atoms with E-state index >= 15 is 0 Å². The van der Waals surface area contributed by atoms with Crippen LogP contribution in [-0.4, -0.2) is 42.8 Å². The van der Waals surface area contributed by atoms with E-state index in [1.807, 2.05) is 29.9 Å². The number of carbonyl (C=O) groups excluding carboxylic acids is 1. The molecule has 4 rings (SSSR count). The Bertz CT molecular complexity index is 1050. The Morgan fingerprint density at radius 2 is 2.07 bits per heavy atom. The highest BCUT2D eigenvalue weighted by Gasteiger charge is 2.33. The van der Waals surface area contributed by atoms with Crippen LogP contribution in [0.15, 0.2) is 47.0 Å².